The summed E-state index contributed by atoms with van der Waals surface area (Å²) in [6.45, 7) is 2.76. The summed E-state index contributed by atoms with van der Waals surface area (Å²) in [6, 6.07) is 9.93. The normalized spacial score (nSPS) is 11.1. The number of aromatic nitrogens is 3. The highest BCUT2D eigenvalue weighted by Gasteiger charge is 2.16. The molecule has 0 radical (unpaired) electrons. The van der Waals surface area contributed by atoms with Crippen LogP contribution in [0.1, 0.15) is 27.2 Å². The van der Waals surface area contributed by atoms with Crippen LogP contribution >= 0.6 is 11.3 Å². The Morgan fingerprint density at radius 2 is 2.10 bits per heavy atom. The highest BCUT2D eigenvalue weighted by atomic mass is 32.1. The molecule has 7 heteroatoms. The lowest BCUT2D eigenvalue weighted by atomic mass is 10.1. The van der Waals surface area contributed by atoms with Gasteiger partial charge >= 0.3 is 0 Å². The van der Waals surface area contributed by atoms with E-state index in [0.717, 1.165) is 22.2 Å². The predicted octanol–water partition coefficient (Wildman–Crippen LogP) is 3.31. The van der Waals surface area contributed by atoms with Gasteiger partial charge in [0.1, 0.15) is 5.56 Å². The minimum atomic E-state index is -0.329. The standard InChI is InChI=1S/C22H22N4O2S/c1-15-7-10-26(11-8-16-12-24-19-5-3-2-4-18(16)19)22(28)20(15)21(27)23-9-6-17-13-29-14-25-17/h2-5,7,10,12-14,24H,6,8-9,11H2,1H3,(H,23,27). The van der Waals surface area contributed by atoms with Crippen molar-refractivity contribution in [3.63, 3.8) is 0 Å². The number of carbonyl (C=O) groups is 1. The van der Waals surface area contributed by atoms with Gasteiger partial charge in [-0.1, -0.05) is 18.2 Å². The predicted molar refractivity (Wildman–Crippen MR) is 116 cm³/mol. The number of aromatic amines is 1. The summed E-state index contributed by atoms with van der Waals surface area (Å²) in [5.41, 5.74) is 5.59. The van der Waals surface area contributed by atoms with Crippen molar-refractivity contribution in [1.29, 1.82) is 0 Å². The number of H-pyrrole nitrogens is 1. The first-order valence-corrected chi connectivity index (χ1v) is 10.5. The van der Waals surface area contributed by atoms with Gasteiger partial charge < -0.3 is 14.9 Å². The number of nitrogens with one attached hydrogen (secondary N) is 2. The van der Waals surface area contributed by atoms with Crippen molar-refractivity contribution >= 4 is 28.1 Å². The van der Waals surface area contributed by atoms with Crippen molar-refractivity contribution in [2.45, 2.75) is 26.3 Å². The van der Waals surface area contributed by atoms with Gasteiger partial charge in [0.25, 0.3) is 11.5 Å². The second-order valence-corrected chi connectivity index (χ2v) is 7.69. The van der Waals surface area contributed by atoms with Crippen molar-refractivity contribution < 1.29 is 4.79 Å². The zero-order valence-electron chi connectivity index (χ0n) is 16.1. The number of pyridine rings is 1. The van der Waals surface area contributed by atoms with Crippen LogP contribution in [0.25, 0.3) is 10.9 Å². The lowest BCUT2D eigenvalue weighted by Gasteiger charge is -2.11. The van der Waals surface area contributed by atoms with Crippen LogP contribution in [0.3, 0.4) is 0 Å². The molecule has 0 unspecified atom stereocenters. The van der Waals surface area contributed by atoms with Gasteiger partial charge in [0, 0.05) is 48.2 Å². The van der Waals surface area contributed by atoms with Gasteiger partial charge in [0.05, 0.1) is 11.2 Å². The van der Waals surface area contributed by atoms with Gasteiger partial charge in [0.2, 0.25) is 0 Å². The van der Waals surface area contributed by atoms with Gasteiger partial charge in [-0.15, -0.1) is 11.3 Å². The van der Waals surface area contributed by atoms with Crippen LogP contribution in [-0.4, -0.2) is 27.0 Å². The van der Waals surface area contributed by atoms with E-state index in [0.29, 0.717) is 31.5 Å². The Morgan fingerprint density at radius 1 is 1.24 bits per heavy atom. The number of hydrogen-bond donors (Lipinski definition) is 2. The smallest absolute Gasteiger partial charge is 0.263 e. The molecular formula is C22H22N4O2S. The molecule has 3 aromatic heterocycles. The van der Waals surface area contributed by atoms with Gasteiger partial charge in [-0.25, -0.2) is 4.98 Å². The van der Waals surface area contributed by atoms with E-state index in [9.17, 15) is 9.59 Å². The first-order chi connectivity index (χ1) is 14.1. The summed E-state index contributed by atoms with van der Waals surface area (Å²) in [5, 5.41) is 5.96. The summed E-state index contributed by atoms with van der Waals surface area (Å²) >= 11 is 1.53. The lowest BCUT2D eigenvalue weighted by molar-refractivity contribution is 0.0951. The fraction of sp³-hybridized carbons (Fsp3) is 0.227. The maximum absolute atomic E-state index is 12.9. The maximum atomic E-state index is 12.9. The number of hydrogen-bond acceptors (Lipinski definition) is 4. The van der Waals surface area contributed by atoms with Crippen LogP contribution in [0, 0.1) is 6.92 Å². The van der Waals surface area contributed by atoms with Gasteiger partial charge in [-0.3, -0.25) is 9.59 Å². The minimum Gasteiger partial charge on any atom is -0.361 e. The SMILES string of the molecule is Cc1ccn(CCc2c[nH]c3ccccc23)c(=O)c1C(=O)NCCc1cscn1. The molecule has 0 fully saturated rings. The Morgan fingerprint density at radius 3 is 2.93 bits per heavy atom. The Bertz CT molecular complexity index is 1190. The Labute approximate surface area is 172 Å². The molecule has 6 nitrogen and oxygen atoms in total. The number of nitrogens with zero attached hydrogens (tertiary/aromatic N) is 2. The summed E-state index contributed by atoms with van der Waals surface area (Å²) < 4.78 is 1.62. The second kappa shape index (κ2) is 8.45. The van der Waals surface area contributed by atoms with E-state index in [1.54, 1.807) is 23.2 Å². The molecule has 29 heavy (non-hydrogen) atoms. The zero-order valence-corrected chi connectivity index (χ0v) is 17.0. The molecule has 2 N–H and O–H groups in total. The topological polar surface area (TPSA) is 79.8 Å². The van der Waals surface area contributed by atoms with Crippen molar-refractivity contribution in [2.75, 3.05) is 6.54 Å². The quantitative estimate of drug-likeness (QED) is 0.494. The molecule has 4 rings (SSSR count). The van der Waals surface area contributed by atoms with E-state index >= 15 is 0 Å². The molecule has 0 aliphatic heterocycles. The molecule has 1 aromatic carbocycles. The number of aryl methyl sites for hydroxylation is 3. The zero-order chi connectivity index (χ0) is 20.2. The van der Waals surface area contributed by atoms with Crippen LogP contribution in [0.5, 0.6) is 0 Å². The molecule has 0 saturated heterocycles. The highest BCUT2D eigenvalue weighted by Crippen LogP contribution is 2.18. The number of thiazole rings is 1. The number of rotatable bonds is 7. The summed E-state index contributed by atoms with van der Waals surface area (Å²) in [6.07, 6.45) is 5.10. The fourth-order valence-corrected chi connectivity index (χ4v) is 4.04. The molecular weight excluding hydrogens is 384 g/mol. The van der Waals surface area contributed by atoms with E-state index in [-0.39, 0.29) is 17.0 Å². The average Bonchev–Trinajstić information content (AvgIpc) is 3.37. The number of para-hydroxylation sites is 1. The summed E-state index contributed by atoms with van der Waals surface area (Å²) in [7, 11) is 0. The third-order valence-electron chi connectivity index (χ3n) is 5.05. The Hall–Kier alpha value is -3.19. The fourth-order valence-electron chi connectivity index (χ4n) is 3.45. The minimum absolute atomic E-state index is 0.213. The summed E-state index contributed by atoms with van der Waals surface area (Å²) in [4.78, 5) is 33.0. The molecule has 4 aromatic rings. The van der Waals surface area contributed by atoms with Crippen LogP contribution < -0.4 is 10.9 Å². The number of fused-ring (bicyclic) bond motifs is 1. The van der Waals surface area contributed by atoms with E-state index in [1.165, 1.54) is 11.3 Å². The van der Waals surface area contributed by atoms with Crippen LogP contribution in [0.4, 0.5) is 0 Å². The molecule has 148 valence electrons. The highest BCUT2D eigenvalue weighted by molar-refractivity contribution is 7.07. The molecule has 0 atom stereocenters. The molecule has 0 aliphatic carbocycles. The molecule has 0 aliphatic rings. The third-order valence-corrected chi connectivity index (χ3v) is 5.68. The van der Waals surface area contributed by atoms with Gasteiger partial charge in [-0.2, -0.15) is 0 Å². The van der Waals surface area contributed by atoms with E-state index in [2.05, 4.69) is 21.4 Å². The Kier molecular flexibility index (Phi) is 5.57. The molecule has 0 spiro atoms. The van der Waals surface area contributed by atoms with Crippen molar-refractivity contribution in [2.24, 2.45) is 0 Å². The van der Waals surface area contributed by atoms with Crippen LogP contribution in [0.15, 0.2) is 58.4 Å². The van der Waals surface area contributed by atoms with Crippen molar-refractivity contribution in [3.05, 3.63) is 86.4 Å². The van der Waals surface area contributed by atoms with Crippen molar-refractivity contribution in [3.8, 4) is 0 Å². The first-order valence-electron chi connectivity index (χ1n) is 9.54. The maximum Gasteiger partial charge on any atom is 0.263 e. The van der Waals surface area contributed by atoms with Gasteiger partial charge in [0.15, 0.2) is 0 Å². The van der Waals surface area contributed by atoms with E-state index in [4.69, 9.17) is 0 Å². The molecule has 0 saturated carbocycles. The molecule has 1 amide bonds. The first kappa shape index (κ1) is 19.1. The van der Waals surface area contributed by atoms with Crippen LogP contribution in [0.2, 0.25) is 0 Å². The average molecular weight is 407 g/mol. The molecule has 0 bridgehead atoms. The second-order valence-electron chi connectivity index (χ2n) is 6.97. The monoisotopic (exact) mass is 406 g/mol. The number of carbonyl (C=O) groups excluding carboxylic acids is 1. The summed E-state index contributed by atoms with van der Waals surface area (Å²) in [5.74, 6) is -0.329. The van der Waals surface area contributed by atoms with Crippen molar-refractivity contribution in [1.82, 2.24) is 19.9 Å². The number of amides is 1. The van der Waals surface area contributed by atoms with Crippen LogP contribution in [-0.2, 0) is 19.4 Å². The molecule has 3 heterocycles. The lowest BCUT2D eigenvalue weighted by Crippen LogP contribution is -2.35. The van der Waals surface area contributed by atoms with E-state index in [1.807, 2.05) is 35.8 Å². The Balaban J connectivity index is 1.47. The largest absolute Gasteiger partial charge is 0.361 e. The third kappa shape index (κ3) is 4.14. The van der Waals surface area contributed by atoms with E-state index < -0.39 is 0 Å². The van der Waals surface area contributed by atoms with Gasteiger partial charge in [-0.05, 0) is 36.6 Å². The number of benzene rings is 1.